The molecule has 2 radical (unpaired) electrons. The lowest BCUT2D eigenvalue weighted by Crippen LogP contribution is -2.38. The number of hydrogen-bond acceptors (Lipinski definition) is 0. The normalized spacial score (nSPS) is 19.3. The SMILES string of the molecule is CCC1(CC)CC(CC)(CC)c2c1cc1c(c2[Si]C(=Cc2ccccc2)c2ccccc2)C(CC)(CC)CC1(CC)CC. The standard InChI is InChI=1S/C42H56Si/c1-9-39(10-2)29-41(13-5,14-6)36-33(39)28-34-37(42(15-7,16-8)30-40(34,11-3)12-4)38(36)43-35(32-25-21-18-22-26-32)27-31-23-19-17-20-24-31/h17-28H,9-16,29-30H2,1-8H3. The van der Waals surface area contributed by atoms with Crippen LogP contribution >= 0.6 is 0 Å². The van der Waals surface area contributed by atoms with Crippen molar-refractivity contribution in [1.29, 1.82) is 0 Å². The fourth-order valence-corrected chi connectivity index (χ4v) is 11.4. The zero-order chi connectivity index (χ0) is 30.9. The summed E-state index contributed by atoms with van der Waals surface area (Å²) in [5.74, 6) is 0. The summed E-state index contributed by atoms with van der Waals surface area (Å²) in [6, 6.07) is 25.2. The van der Waals surface area contributed by atoms with E-state index in [-0.39, 0.29) is 21.7 Å². The molecule has 0 saturated carbocycles. The molecule has 1 heteroatoms. The number of fused-ring (bicyclic) bond motifs is 2. The summed E-state index contributed by atoms with van der Waals surface area (Å²) in [5, 5.41) is 3.24. The third kappa shape index (κ3) is 5.03. The van der Waals surface area contributed by atoms with Gasteiger partial charge in [-0.15, -0.1) is 0 Å². The molecule has 0 saturated heterocycles. The van der Waals surface area contributed by atoms with Crippen LogP contribution < -0.4 is 5.19 Å². The molecular weight excluding hydrogens is 533 g/mol. The lowest BCUT2D eigenvalue weighted by Gasteiger charge is -2.36. The Hall–Kier alpha value is -2.38. The van der Waals surface area contributed by atoms with Crippen LogP contribution in [0.5, 0.6) is 0 Å². The van der Waals surface area contributed by atoms with Crippen molar-refractivity contribution in [2.75, 3.05) is 0 Å². The molecule has 0 spiro atoms. The van der Waals surface area contributed by atoms with Crippen LogP contribution in [-0.2, 0) is 21.7 Å². The fourth-order valence-electron chi connectivity index (χ4n) is 9.54. The van der Waals surface area contributed by atoms with Gasteiger partial charge in [-0.2, -0.15) is 0 Å². The summed E-state index contributed by atoms with van der Waals surface area (Å²) < 4.78 is 0. The third-order valence-electron chi connectivity index (χ3n) is 12.8. The maximum absolute atomic E-state index is 2.84. The Morgan fingerprint density at radius 2 is 0.953 bits per heavy atom. The van der Waals surface area contributed by atoms with Crippen molar-refractivity contribution in [2.24, 2.45) is 0 Å². The first-order valence-corrected chi connectivity index (χ1v) is 18.6. The minimum atomic E-state index is 0.254. The summed E-state index contributed by atoms with van der Waals surface area (Å²) in [6.07, 6.45) is 15.0. The van der Waals surface area contributed by atoms with Gasteiger partial charge in [0.05, 0.1) is 0 Å². The molecule has 3 aromatic rings. The van der Waals surface area contributed by atoms with Crippen molar-refractivity contribution in [3.63, 3.8) is 0 Å². The molecule has 0 bridgehead atoms. The van der Waals surface area contributed by atoms with Crippen LogP contribution in [0, 0.1) is 0 Å². The van der Waals surface area contributed by atoms with Gasteiger partial charge in [-0.1, -0.05) is 139 Å². The molecule has 0 aliphatic heterocycles. The maximum atomic E-state index is 2.84. The number of benzene rings is 3. The highest BCUT2D eigenvalue weighted by atomic mass is 28.2. The molecule has 3 aromatic carbocycles. The summed E-state index contributed by atoms with van der Waals surface area (Å²) in [6.45, 7) is 19.9. The van der Waals surface area contributed by atoms with E-state index in [0.29, 0.717) is 9.52 Å². The van der Waals surface area contributed by atoms with Gasteiger partial charge in [-0.3, -0.25) is 0 Å². The molecule has 0 nitrogen and oxygen atoms in total. The van der Waals surface area contributed by atoms with E-state index in [0.717, 1.165) is 0 Å². The van der Waals surface area contributed by atoms with Crippen LogP contribution in [0.25, 0.3) is 11.3 Å². The molecule has 0 amide bonds. The highest BCUT2D eigenvalue weighted by molar-refractivity contribution is 6.75. The molecule has 2 aliphatic carbocycles. The molecule has 0 aromatic heterocycles. The van der Waals surface area contributed by atoms with Gasteiger partial charge in [0.25, 0.3) is 0 Å². The van der Waals surface area contributed by atoms with Gasteiger partial charge in [0.1, 0.15) is 9.52 Å². The lowest BCUT2D eigenvalue weighted by atomic mass is 9.70. The molecule has 43 heavy (non-hydrogen) atoms. The predicted octanol–water partition coefficient (Wildman–Crippen LogP) is 11.3. The van der Waals surface area contributed by atoms with E-state index in [1.807, 2.05) is 0 Å². The Labute approximate surface area is 266 Å². The van der Waals surface area contributed by atoms with Gasteiger partial charge in [0, 0.05) is 0 Å². The summed E-state index contributed by atoms with van der Waals surface area (Å²) in [5.41, 5.74) is 10.8. The van der Waals surface area contributed by atoms with Crippen LogP contribution in [0.2, 0.25) is 0 Å². The zero-order valence-electron chi connectivity index (χ0n) is 28.5. The van der Waals surface area contributed by atoms with Gasteiger partial charge in [-0.25, -0.2) is 0 Å². The first kappa shape index (κ1) is 32.0. The fraction of sp³-hybridized carbons (Fsp3) is 0.524. The Kier molecular flexibility index (Phi) is 9.34. The van der Waals surface area contributed by atoms with Crippen molar-refractivity contribution in [1.82, 2.24) is 0 Å². The van der Waals surface area contributed by atoms with Crippen LogP contribution in [-0.4, -0.2) is 9.52 Å². The monoisotopic (exact) mass is 588 g/mol. The molecule has 0 atom stereocenters. The highest BCUT2D eigenvalue weighted by Gasteiger charge is 2.56. The molecule has 2 aliphatic rings. The van der Waals surface area contributed by atoms with E-state index in [2.05, 4.69) is 128 Å². The van der Waals surface area contributed by atoms with E-state index in [1.54, 1.807) is 27.4 Å². The van der Waals surface area contributed by atoms with E-state index >= 15 is 0 Å². The molecular formula is C42H56Si. The van der Waals surface area contributed by atoms with Gasteiger partial charge < -0.3 is 0 Å². The Morgan fingerprint density at radius 1 is 0.558 bits per heavy atom. The lowest BCUT2D eigenvalue weighted by molar-refractivity contribution is 0.279. The topological polar surface area (TPSA) is 0 Å². The number of hydrogen-bond donors (Lipinski definition) is 0. The number of rotatable bonds is 12. The highest BCUT2D eigenvalue weighted by Crippen LogP contribution is 2.61. The van der Waals surface area contributed by atoms with Crippen LogP contribution in [0.15, 0.2) is 66.7 Å². The van der Waals surface area contributed by atoms with Crippen molar-refractivity contribution < 1.29 is 0 Å². The molecule has 5 rings (SSSR count). The van der Waals surface area contributed by atoms with E-state index < -0.39 is 0 Å². The van der Waals surface area contributed by atoms with Gasteiger partial charge in [0.2, 0.25) is 0 Å². The van der Waals surface area contributed by atoms with Crippen molar-refractivity contribution >= 4 is 26.0 Å². The molecule has 0 fully saturated rings. The van der Waals surface area contributed by atoms with E-state index in [9.17, 15) is 0 Å². The van der Waals surface area contributed by atoms with Crippen LogP contribution in [0.3, 0.4) is 0 Å². The van der Waals surface area contributed by atoms with Crippen molar-refractivity contribution in [2.45, 2.75) is 141 Å². The second-order valence-corrected chi connectivity index (χ2v) is 15.1. The van der Waals surface area contributed by atoms with Gasteiger partial charge in [-0.05, 0) is 119 Å². The first-order chi connectivity index (χ1) is 20.8. The molecule has 228 valence electrons. The maximum Gasteiger partial charge on any atom is 0.123 e. The van der Waals surface area contributed by atoms with Gasteiger partial charge in [0.15, 0.2) is 0 Å². The third-order valence-corrected chi connectivity index (χ3v) is 14.2. The zero-order valence-corrected chi connectivity index (χ0v) is 29.5. The molecule has 0 N–H and O–H groups in total. The first-order valence-electron chi connectivity index (χ1n) is 17.6. The summed E-state index contributed by atoms with van der Waals surface area (Å²) >= 11 is 0. The Balaban J connectivity index is 1.93. The molecule has 0 heterocycles. The second-order valence-electron chi connectivity index (χ2n) is 13.9. The quantitative estimate of drug-likeness (QED) is 0.146. The van der Waals surface area contributed by atoms with Crippen molar-refractivity contribution in [3.8, 4) is 0 Å². The summed E-state index contributed by atoms with van der Waals surface area (Å²) in [4.78, 5) is 0. The summed E-state index contributed by atoms with van der Waals surface area (Å²) in [7, 11) is 0.647. The Morgan fingerprint density at radius 3 is 1.35 bits per heavy atom. The second kappa shape index (κ2) is 12.5. The average molecular weight is 589 g/mol. The van der Waals surface area contributed by atoms with E-state index in [4.69, 9.17) is 0 Å². The smallest absolute Gasteiger partial charge is 0.0645 e. The minimum absolute atomic E-state index is 0.254. The van der Waals surface area contributed by atoms with Crippen LogP contribution in [0.1, 0.15) is 153 Å². The van der Waals surface area contributed by atoms with E-state index in [1.165, 1.54) is 80.5 Å². The molecule has 0 unspecified atom stereocenters. The van der Waals surface area contributed by atoms with Crippen molar-refractivity contribution in [3.05, 3.63) is 100 Å². The predicted molar refractivity (Wildman–Crippen MR) is 191 cm³/mol. The van der Waals surface area contributed by atoms with Crippen LogP contribution in [0.4, 0.5) is 0 Å². The average Bonchev–Trinajstić information content (AvgIpc) is 3.54. The largest absolute Gasteiger partial charge is 0.123 e. The Bertz CT molecular complexity index is 1350. The van der Waals surface area contributed by atoms with Gasteiger partial charge >= 0.3 is 0 Å². The minimum Gasteiger partial charge on any atom is -0.0645 e.